The maximum Gasteiger partial charge on any atom is 0.251 e. The number of pyridine rings is 1. The first kappa shape index (κ1) is 30.7. The van der Waals surface area contributed by atoms with Crippen molar-refractivity contribution in [2.24, 2.45) is 0 Å². The molecule has 3 aromatic rings. The van der Waals surface area contributed by atoms with Crippen LogP contribution in [0.1, 0.15) is 59.9 Å². The van der Waals surface area contributed by atoms with E-state index in [1.807, 2.05) is 25.2 Å². The van der Waals surface area contributed by atoms with Gasteiger partial charge in [-0.2, -0.15) is 13.5 Å². The molecule has 41 heavy (non-hydrogen) atoms. The number of rotatable bonds is 13. The number of hydrogen-bond donors (Lipinski definition) is 3. The molecule has 0 saturated heterocycles. The fraction of sp³-hybridized carbons (Fsp3) is 0.500. The summed E-state index contributed by atoms with van der Waals surface area (Å²) < 4.78 is 11.1. The van der Waals surface area contributed by atoms with Gasteiger partial charge in [0, 0.05) is 51.4 Å². The number of aromatic nitrogens is 2. The number of nitrogens with one attached hydrogen (secondary N) is 2. The van der Waals surface area contributed by atoms with E-state index in [9.17, 15) is 9.90 Å². The zero-order chi connectivity index (χ0) is 27.9. The van der Waals surface area contributed by atoms with Crippen LogP contribution in [0.2, 0.25) is 0 Å². The van der Waals surface area contributed by atoms with Crippen LogP contribution < -0.4 is 20.3 Å². The molecule has 222 valence electrons. The Morgan fingerprint density at radius 3 is 2.85 bits per heavy atom. The first-order valence-electron chi connectivity index (χ1n) is 14.3. The Hall–Kier alpha value is -3.28. The van der Waals surface area contributed by atoms with Crippen LogP contribution in [0.5, 0.6) is 5.75 Å². The minimum atomic E-state index is -0.674. The SMILES string of the molecule is CCCN(C)c1cc(C(=O)NC[C@H](O)CN2CCc3cc(OCc4cnco4)ccc3C2)cc(NC2CCC2)n1.S. The molecule has 0 spiro atoms. The van der Waals surface area contributed by atoms with Crippen LogP contribution in [0.25, 0.3) is 0 Å². The fourth-order valence-electron chi connectivity index (χ4n) is 5.10. The molecular formula is C30H42N6O4S. The van der Waals surface area contributed by atoms with Crippen molar-refractivity contribution in [2.75, 3.05) is 43.4 Å². The molecule has 1 atom stereocenters. The van der Waals surface area contributed by atoms with Crippen molar-refractivity contribution in [3.8, 4) is 5.75 Å². The second-order valence-electron chi connectivity index (χ2n) is 10.8. The number of aliphatic hydroxyl groups excluding tert-OH is 1. The number of aliphatic hydroxyl groups is 1. The highest BCUT2D eigenvalue weighted by Crippen LogP contribution is 2.26. The van der Waals surface area contributed by atoms with Crippen LogP contribution >= 0.6 is 13.5 Å². The van der Waals surface area contributed by atoms with Crippen LogP contribution in [0.15, 0.2) is 47.3 Å². The molecular weight excluding hydrogens is 540 g/mol. The van der Waals surface area contributed by atoms with Gasteiger partial charge in [0.1, 0.15) is 24.0 Å². The quantitative estimate of drug-likeness (QED) is 0.277. The first-order valence-corrected chi connectivity index (χ1v) is 14.3. The molecule has 2 aromatic heterocycles. The topological polar surface area (TPSA) is 116 Å². The lowest BCUT2D eigenvalue weighted by molar-refractivity contribution is 0.0841. The molecule has 3 heterocycles. The van der Waals surface area contributed by atoms with E-state index in [1.165, 1.54) is 23.9 Å². The van der Waals surface area contributed by atoms with Crippen molar-refractivity contribution in [1.82, 2.24) is 20.2 Å². The molecule has 0 unspecified atom stereocenters. The summed E-state index contributed by atoms with van der Waals surface area (Å²) in [6.07, 6.45) is 7.71. The van der Waals surface area contributed by atoms with Gasteiger partial charge >= 0.3 is 0 Å². The van der Waals surface area contributed by atoms with Gasteiger partial charge in [0.2, 0.25) is 0 Å². The van der Waals surface area contributed by atoms with Crippen LogP contribution in [-0.4, -0.2) is 71.3 Å². The number of β-amino-alcohol motifs (C(OH)–C–C–N with tert-alkyl or cyclic N) is 1. The van der Waals surface area contributed by atoms with Gasteiger partial charge in [-0.3, -0.25) is 9.69 Å². The third-order valence-electron chi connectivity index (χ3n) is 7.58. The van der Waals surface area contributed by atoms with Crippen LogP contribution in [-0.2, 0) is 19.6 Å². The molecule has 1 aromatic carbocycles. The minimum Gasteiger partial charge on any atom is -0.486 e. The first-order chi connectivity index (χ1) is 19.5. The highest BCUT2D eigenvalue weighted by molar-refractivity contribution is 7.59. The lowest BCUT2D eigenvalue weighted by Crippen LogP contribution is -2.42. The Bertz CT molecular complexity index is 1270. The average molecular weight is 583 g/mol. The number of benzene rings is 1. The van der Waals surface area contributed by atoms with E-state index in [0.717, 1.165) is 62.7 Å². The largest absolute Gasteiger partial charge is 0.486 e. The Kier molecular flexibility index (Phi) is 10.9. The van der Waals surface area contributed by atoms with Crippen molar-refractivity contribution < 1.29 is 19.1 Å². The highest BCUT2D eigenvalue weighted by atomic mass is 32.1. The van der Waals surface area contributed by atoms with E-state index in [0.29, 0.717) is 30.5 Å². The Labute approximate surface area is 248 Å². The number of carbonyl (C=O) groups excluding carboxylic acids is 1. The van der Waals surface area contributed by atoms with Crippen LogP contribution in [0, 0.1) is 0 Å². The predicted octanol–water partition coefficient (Wildman–Crippen LogP) is 3.72. The molecule has 1 amide bonds. The number of ether oxygens (including phenoxy) is 1. The lowest BCUT2D eigenvalue weighted by atomic mass is 9.93. The Morgan fingerprint density at radius 2 is 2.12 bits per heavy atom. The van der Waals surface area contributed by atoms with Crippen LogP contribution in [0.3, 0.4) is 0 Å². The van der Waals surface area contributed by atoms with Gasteiger partial charge in [-0.25, -0.2) is 9.97 Å². The minimum absolute atomic E-state index is 0. The third kappa shape index (κ3) is 8.37. The van der Waals surface area contributed by atoms with Gasteiger partial charge in [0.15, 0.2) is 12.2 Å². The van der Waals surface area contributed by atoms with Crippen molar-refractivity contribution in [2.45, 2.75) is 64.3 Å². The summed E-state index contributed by atoms with van der Waals surface area (Å²) >= 11 is 0. The van der Waals surface area contributed by atoms with Crippen molar-refractivity contribution in [3.63, 3.8) is 0 Å². The summed E-state index contributed by atoms with van der Waals surface area (Å²) in [5, 5.41) is 17.1. The molecule has 1 aliphatic carbocycles. The van der Waals surface area contributed by atoms with Crippen molar-refractivity contribution in [1.29, 1.82) is 0 Å². The highest BCUT2D eigenvalue weighted by Gasteiger charge is 2.22. The number of oxazole rings is 1. The summed E-state index contributed by atoms with van der Waals surface area (Å²) in [5.74, 6) is 2.79. The van der Waals surface area contributed by atoms with Crippen LogP contribution in [0.4, 0.5) is 11.6 Å². The molecule has 1 aliphatic heterocycles. The molecule has 5 rings (SSSR count). The summed E-state index contributed by atoms with van der Waals surface area (Å²) in [5.41, 5.74) is 3.03. The van der Waals surface area contributed by atoms with Gasteiger partial charge in [0.05, 0.1) is 12.3 Å². The number of anilines is 2. The summed E-state index contributed by atoms with van der Waals surface area (Å²) in [6, 6.07) is 10.2. The molecule has 11 heteroatoms. The molecule has 0 radical (unpaired) electrons. The summed E-state index contributed by atoms with van der Waals surface area (Å²) in [6.45, 7) is 5.57. The summed E-state index contributed by atoms with van der Waals surface area (Å²) in [4.78, 5) is 26.0. The van der Waals surface area contributed by atoms with Gasteiger partial charge in [0.25, 0.3) is 5.91 Å². The number of amides is 1. The maximum atomic E-state index is 13.1. The molecule has 2 aliphatic rings. The predicted molar refractivity (Wildman–Crippen MR) is 164 cm³/mol. The van der Waals surface area contributed by atoms with Gasteiger partial charge in [-0.15, -0.1) is 0 Å². The number of nitrogens with zero attached hydrogens (tertiary/aromatic N) is 4. The zero-order valence-electron chi connectivity index (χ0n) is 23.9. The molecule has 1 fully saturated rings. The second-order valence-corrected chi connectivity index (χ2v) is 10.8. The Balaban J connectivity index is 0.00000387. The van der Waals surface area contributed by atoms with E-state index in [1.54, 1.807) is 6.20 Å². The average Bonchev–Trinajstić information content (AvgIpc) is 3.46. The summed E-state index contributed by atoms with van der Waals surface area (Å²) in [7, 11) is 1.99. The van der Waals surface area contributed by atoms with E-state index in [4.69, 9.17) is 14.1 Å². The van der Waals surface area contributed by atoms with E-state index < -0.39 is 6.10 Å². The molecule has 1 saturated carbocycles. The van der Waals surface area contributed by atoms with Gasteiger partial charge in [-0.05, 0) is 67.5 Å². The lowest BCUT2D eigenvalue weighted by Gasteiger charge is -2.30. The zero-order valence-corrected chi connectivity index (χ0v) is 24.9. The smallest absolute Gasteiger partial charge is 0.251 e. The van der Waals surface area contributed by atoms with Crippen molar-refractivity contribution in [3.05, 3.63) is 65.4 Å². The Morgan fingerprint density at radius 1 is 1.27 bits per heavy atom. The molecule has 10 nitrogen and oxygen atoms in total. The molecule has 0 bridgehead atoms. The third-order valence-corrected chi connectivity index (χ3v) is 7.58. The van der Waals surface area contributed by atoms with Gasteiger partial charge in [-0.1, -0.05) is 13.0 Å². The number of hydrogen-bond acceptors (Lipinski definition) is 9. The monoisotopic (exact) mass is 582 g/mol. The van der Waals surface area contributed by atoms with E-state index in [2.05, 4.69) is 44.5 Å². The van der Waals surface area contributed by atoms with Gasteiger partial charge < -0.3 is 29.8 Å². The second kappa shape index (κ2) is 14.6. The molecule has 3 N–H and O–H groups in total. The van der Waals surface area contributed by atoms with Crippen molar-refractivity contribution >= 4 is 31.0 Å². The fourth-order valence-corrected chi connectivity index (χ4v) is 5.10. The number of carbonyl (C=O) groups is 1. The van der Waals surface area contributed by atoms with E-state index >= 15 is 0 Å². The normalized spacial score (nSPS) is 15.7. The maximum absolute atomic E-state index is 13.1. The van der Waals surface area contributed by atoms with E-state index in [-0.39, 0.29) is 25.9 Å². The number of fused-ring (bicyclic) bond motifs is 1. The standard InChI is InChI=1S/C30H40N6O4.H2S/c1-3-10-35(2)29-14-23(13-28(34-29)33-24-5-4-6-24)30(38)32-15-25(37)18-36-11-9-21-12-26(8-7-22(21)17-36)39-19-27-16-31-20-40-27;/h7-8,12-14,16,20,24-25,37H,3-6,9-11,15,17-19H2,1-2H3,(H,32,38)(H,33,34);1H2/t25-;/m0./s1.